The Kier molecular flexibility index (Phi) is 49.4. The summed E-state index contributed by atoms with van der Waals surface area (Å²) in [5.74, 6) is 0. The number of hydrogen-bond acceptors (Lipinski definition) is 13. The van der Waals surface area contributed by atoms with Gasteiger partial charge in [-0.25, -0.2) is 4.79 Å². The van der Waals surface area contributed by atoms with Crippen molar-refractivity contribution in [2.24, 2.45) is 0 Å². The predicted molar refractivity (Wildman–Crippen MR) is 247 cm³/mol. The summed E-state index contributed by atoms with van der Waals surface area (Å²) in [5.41, 5.74) is 0. The number of ether oxygens (including phenoxy) is 5. The molecule has 0 N–H and O–H groups in total. The van der Waals surface area contributed by atoms with Crippen LogP contribution in [0, 0.1) is 0 Å². The molecule has 58 heavy (non-hydrogen) atoms. The monoisotopic (exact) mass is 837 g/mol. The van der Waals surface area contributed by atoms with Crippen LogP contribution < -0.4 is 0 Å². The lowest BCUT2D eigenvalue weighted by Gasteiger charge is -2.36. The number of piperazine rings is 3. The first-order valence-electron chi connectivity index (χ1n) is 23.5. The highest BCUT2D eigenvalue weighted by Gasteiger charge is 2.22. The third kappa shape index (κ3) is 32.6. The van der Waals surface area contributed by atoms with Crippen molar-refractivity contribution in [2.75, 3.05) is 212 Å². The molecule has 0 saturated carbocycles. The number of amides is 1. The van der Waals surface area contributed by atoms with Gasteiger partial charge in [-0.1, -0.05) is 69.2 Å². The third-order valence-electron chi connectivity index (χ3n) is 10.1. The Morgan fingerprint density at radius 2 is 0.776 bits per heavy atom. The van der Waals surface area contributed by atoms with Crippen LogP contribution in [-0.4, -0.2) is 257 Å². The van der Waals surface area contributed by atoms with E-state index in [1.165, 1.54) is 91.6 Å². The second-order valence-corrected chi connectivity index (χ2v) is 13.4. The highest BCUT2D eigenvalue weighted by molar-refractivity contribution is 5.67. The Morgan fingerprint density at radius 3 is 1.10 bits per heavy atom. The van der Waals surface area contributed by atoms with E-state index in [0.717, 1.165) is 91.9 Å². The molecule has 0 spiro atoms. The van der Waals surface area contributed by atoms with E-state index in [2.05, 4.69) is 48.1 Å². The summed E-state index contributed by atoms with van der Waals surface area (Å²) >= 11 is 0. The lowest BCUT2D eigenvalue weighted by molar-refractivity contribution is 0.0289. The van der Waals surface area contributed by atoms with Crippen molar-refractivity contribution >= 4 is 6.09 Å². The molecule has 4 heterocycles. The van der Waals surface area contributed by atoms with Gasteiger partial charge in [0.15, 0.2) is 0 Å². The summed E-state index contributed by atoms with van der Waals surface area (Å²) < 4.78 is 25.6. The van der Waals surface area contributed by atoms with Gasteiger partial charge in [0.1, 0.15) is 0 Å². The highest BCUT2D eigenvalue weighted by atomic mass is 16.6. The first-order chi connectivity index (χ1) is 28.5. The Hall–Kier alpha value is -1.17. The Morgan fingerprint density at radius 1 is 0.466 bits per heavy atom. The molecule has 0 aromatic carbocycles. The quantitative estimate of drug-likeness (QED) is 0.192. The van der Waals surface area contributed by atoms with Gasteiger partial charge < -0.3 is 33.5 Å². The number of carbonyl (C=O) groups is 1. The third-order valence-corrected chi connectivity index (χ3v) is 10.1. The second-order valence-electron chi connectivity index (χ2n) is 13.4. The zero-order valence-corrected chi connectivity index (χ0v) is 41.0. The molecule has 4 fully saturated rings. The fourth-order valence-corrected chi connectivity index (χ4v) is 6.43. The van der Waals surface area contributed by atoms with E-state index >= 15 is 0 Å². The topological polar surface area (TPSA) is 89.1 Å². The summed E-state index contributed by atoms with van der Waals surface area (Å²) in [4.78, 5) is 30.6. The van der Waals surface area contributed by atoms with Crippen LogP contribution in [-0.2, 0) is 23.7 Å². The number of morpholine rings is 1. The molecule has 0 bridgehead atoms. The molecule has 4 aliphatic heterocycles. The molecule has 0 radical (unpaired) electrons. The predicted octanol–water partition coefficient (Wildman–Crippen LogP) is 4.69. The average Bonchev–Trinajstić information content (AvgIpc) is 3.31. The van der Waals surface area contributed by atoms with Gasteiger partial charge in [0.05, 0.1) is 39.6 Å². The zero-order chi connectivity index (χ0) is 44.2. The van der Waals surface area contributed by atoms with Crippen LogP contribution in [0.15, 0.2) is 0 Å². The van der Waals surface area contributed by atoms with Gasteiger partial charge in [0, 0.05) is 159 Å². The van der Waals surface area contributed by atoms with Crippen LogP contribution >= 0.6 is 0 Å². The number of rotatable bonds is 18. The number of methoxy groups -OCH3 is 3. The lowest BCUT2D eigenvalue weighted by Crippen LogP contribution is -2.49. The number of hydrogen-bond donors (Lipinski definition) is 0. The Balaban J connectivity index is -0.000000720. The number of nitrogens with zero attached hydrogens (tertiary/aromatic N) is 8. The van der Waals surface area contributed by atoms with E-state index < -0.39 is 0 Å². The molecule has 4 aliphatic rings. The fraction of sp³-hybridized carbons (Fsp3) is 0.977. The number of likely N-dealkylation sites (N-methyl/N-ethyl adjacent to an activating group) is 1. The smallest absolute Gasteiger partial charge is 0.409 e. The zero-order valence-electron chi connectivity index (χ0n) is 41.0. The first-order valence-corrected chi connectivity index (χ1v) is 23.5. The minimum absolute atomic E-state index is 0.191. The molecule has 0 aromatic heterocycles. The van der Waals surface area contributed by atoms with Crippen LogP contribution in [0.5, 0.6) is 0 Å². The first kappa shape index (κ1) is 61.1. The van der Waals surface area contributed by atoms with Crippen LogP contribution in [0.2, 0.25) is 0 Å². The van der Waals surface area contributed by atoms with E-state index in [-0.39, 0.29) is 6.09 Å². The highest BCUT2D eigenvalue weighted by Crippen LogP contribution is 2.05. The Bertz CT molecular complexity index is 790. The molecule has 4 saturated heterocycles. The lowest BCUT2D eigenvalue weighted by atomic mass is 10.3. The van der Waals surface area contributed by atoms with Crippen molar-refractivity contribution in [1.29, 1.82) is 0 Å². The van der Waals surface area contributed by atoms with Crippen molar-refractivity contribution in [3.63, 3.8) is 0 Å². The van der Waals surface area contributed by atoms with Gasteiger partial charge in [-0.2, -0.15) is 0 Å². The minimum atomic E-state index is -0.191. The standard InChI is InChI=1S/C13H27N3O2.C13H29N3O.C10H20N2O3.4C2H6/c1-17-11-8-15-5-2-14(3-6-15)4-7-16-9-12-18-13-10-16;1-4-14(5-2)6-7-15-8-10-16(11-9-15)12-13-17-3;1-3-15-10(13)12-6-4-11(5-7-12)8-9-14-2;4*1-2/h2-13H2,1H3;4-13H2,1-3H3;3-9H2,1-2H3;4*1-2H3. The maximum Gasteiger partial charge on any atom is 0.409 e. The SMILES string of the molecule is CC.CC.CC.CC.CCN(CC)CCN1CCN(CCOC)CC1.CCOC(=O)N1CCN(CCOC)CC1.COCCN1CCN(CCN2CCOCC2)CC1. The molecule has 0 aliphatic carbocycles. The van der Waals surface area contributed by atoms with Crippen LogP contribution in [0.4, 0.5) is 4.79 Å². The summed E-state index contributed by atoms with van der Waals surface area (Å²) in [7, 11) is 5.26. The summed E-state index contributed by atoms with van der Waals surface area (Å²) in [5, 5.41) is 0. The largest absolute Gasteiger partial charge is 0.450 e. The van der Waals surface area contributed by atoms with Gasteiger partial charge >= 0.3 is 6.09 Å². The van der Waals surface area contributed by atoms with Crippen molar-refractivity contribution in [2.45, 2.75) is 76.2 Å². The number of carbonyl (C=O) groups excluding carboxylic acids is 1. The van der Waals surface area contributed by atoms with Crippen molar-refractivity contribution in [1.82, 2.24) is 39.2 Å². The van der Waals surface area contributed by atoms with Gasteiger partial charge in [-0.15, -0.1) is 0 Å². The van der Waals surface area contributed by atoms with Crippen LogP contribution in [0.25, 0.3) is 0 Å². The van der Waals surface area contributed by atoms with E-state index in [0.29, 0.717) is 6.61 Å². The second kappa shape index (κ2) is 46.9. The average molecular weight is 837 g/mol. The van der Waals surface area contributed by atoms with Crippen LogP contribution in [0.1, 0.15) is 76.2 Å². The molecule has 1 amide bonds. The molecule has 0 unspecified atom stereocenters. The summed E-state index contributed by atoms with van der Waals surface area (Å²) in [6.45, 7) is 52.4. The molecular formula is C44H100N8O6. The van der Waals surface area contributed by atoms with Gasteiger partial charge in [0.2, 0.25) is 0 Å². The van der Waals surface area contributed by atoms with Crippen molar-refractivity contribution < 1.29 is 28.5 Å². The molecule has 0 atom stereocenters. The maximum atomic E-state index is 11.4. The van der Waals surface area contributed by atoms with Gasteiger partial charge in [0.25, 0.3) is 0 Å². The summed E-state index contributed by atoms with van der Waals surface area (Å²) in [6.07, 6.45) is -0.191. The van der Waals surface area contributed by atoms with E-state index in [4.69, 9.17) is 23.7 Å². The van der Waals surface area contributed by atoms with Crippen molar-refractivity contribution in [3.05, 3.63) is 0 Å². The van der Waals surface area contributed by atoms with Gasteiger partial charge in [-0.3, -0.25) is 29.4 Å². The summed E-state index contributed by atoms with van der Waals surface area (Å²) in [6, 6.07) is 0. The molecule has 14 nitrogen and oxygen atoms in total. The fourth-order valence-electron chi connectivity index (χ4n) is 6.43. The van der Waals surface area contributed by atoms with E-state index in [9.17, 15) is 4.79 Å². The molecule has 352 valence electrons. The molecular weight excluding hydrogens is 737 g/mol. The van der Waals surface area contributed by atoms with Gasteiger partial charge in [-0.05, 0) is 20.0 Å². The van der Waals surface area contributed by atoms with Crippen LogP contribution in [0.3, 0.4) is 0 Å². The molecule has 0 aromatic rings. The Labute approximate surface area is 360 Å². The van der Waals surface area contributed by atoms with E-state index in [1.54, 1.807) is 26.2 Å². The van der Waals surface area contributed by atoms with Crippen molar-refractivity contribution in [3.8, 4) is 0 Å². The minimum Gasteiger partial charge on any atom is -0.450 e. The maximum absolute atomic E-state index is 11.4. The van der Waals surface area contributed by atoms with E-state index in [1.807, 2.05) is 62.3 Å². The molecule has 14 heteroatoms. The molecule has 4 rings (SSSR count). The normalized spacial score (nSPS) is 18.2.